The fourth-order valence-corrected chi connectivity index (χ4v) is 3.94. The lowest BCUT2D eigenvalue weighted by molar-refractivity contribution is -0.136. The molecule has 1 amide bonds. The smallest absolute Gasteiger partial charge is 0.321 e. The first-order valence-electron chi connectivity index (χ1n) is 10.2. The van der Waals surface area contributed by atoms with Crippen LogP contribution in [0.4, 0.5) is 18.9 Å². The minimum absolute atomic E-state index is 0. The molecule has 0 saturated carbocycles. The molecule has 5 nitrogen and oxygen atoms in total. The van der Waals surface area contributed by atoms with Gasteiger partial charge in [-0.1, -0.05) is 29.8 Å². The Morgan fingerprint density at radius 3 is 2.41 bits per heavy atom. The number of aryl methyl sites for hydroxylation is 1. The molecule has 0 spiro atoms. The summed E-state index contributed by atoms with van der Waals surface area (Å²) in [6.07, 6.45) is -1.48. The van der Waals surface area contributed by atoms with Crippen LogP contribution in [0.3, 0.4) is 0 Å². The monoisotopic (exact) mass is 464 g/mol. The minimum Gasteiger partial charge on any atom is -0.321 e. The number of nitrogens with zero attached hydrogens (tertiary/aromatic N) is 2. The number of carbonyl (C=O) groups is 1. The average molecular weight is 465 g/mol. The SMILES string of the molecule is Cc1ccc(-n2ncc(C(=O)Nc3ccccc3C(F)(F)F)c2C2CCNCC2)cc1.Cl. The number of rotatable bonds is 4. The van der Waals surface area contributed by atoms with Crippen molar-refractivity contribution < 1.29 is 18.0 Å². The third-order valence-electron chi connectivity index (χ3n) is 5.54. The molecule has 32 heavy (non-hydrogen) atoms. The van der Waals surface area contributed by atoms with Gasteiger partial charge in [-0.3, -0.25) is 4.79 Å². The third kappa shape index (κ3) is 4.97. The zero-order chi connectivity index (χ0) is 22.0. The summed E-state index contributed by atoms with van der Waals surface area (Å²) in [6.45, 7) is 3.60. The fraction of sp³-hybridized carbons (Fsp3) is 0.304. The van der Waals surface area contributed by atoms with Crippen LogP contribution in [0.5, 0.6) is 0 Å². The molecule has 4 rings (SSSR count). The number of benzene rings is 2. The van der Waals surface area contributed by atoms with Gasteiger partial charge in [0, 0.05) is 5.92 Å². The van der Waals surface area contributed by atoms with Gasteiger partial charge in [0.2, 0.25) is 0 Å². The number of amides is 1. The molecule has 1 aromatic heterocycles. The number of halogens is 4. The molecule has 0 aliphatic carbocycles. The quantitative estimate of drug-likeness (QED) is 0.548. The second-order valence-corrected chi connectivity index (χ2v) is 7.71. The van der Waals surface area contributed by atoms with Gasteiger partial charge in [0.1, 0.15) is 0 Å². The maximum Gasteiger partial charge on any atom is 0.418 e. The zero-order valence-electron chi connectivity index (χ0n) is 17.4. The Labute approximate surface area is 190 Å². The first-order chi connectivity index (χ1) is 14.8. The van der Waals surface area contributed by atoms with E-state index in [1.165, 1.54) is 24.4 Å². The van der Waals surface area contributed by atoms with Crippen LogP contribution in [-0.2, 0) is 6.18 Å². The van der Waals surface area contributed by atoms with Crippen LogP contribution in [-0.4, -0.2) is 28.8 Å². The molecule has 0 atom stereocenters. The number of hydrogen-bond acceptors (Lipinski definition) is 3. The van der Waals surface area contributed by atoms with E-state index in [9.17, 15) is 18.0 Å². The maximum atomic E-state index is 13.4. The van der Waals surface area contributed by atoms with E-state index in [2.05, 4.69) is 15.7 Å². The number of para-hydroxylation sites is 1. The second-order valence-electron chi connectivity index (χ2n) is 7.71. The summed E-state index contributed by atoms with van der Waals surface area (Å²) >= 11 is 0. The van der Waals surface area contributed by atoms with Crippen molar-refractivity contribution in [2.75, 3.05) is 18.4 Å². The van der Waals surface area contributed by atoms with Crippen molar-refractivity contribution in [1.29, 1.82) is 0 Å². The van der Waals surface area contributed by atoms with Gasteiger partial charge >= 0.3 is 6.18 Å². The largest absolute Gasteiger partial charge is 0.418 e. The highest BCUT2D eigenvalue weighted by Gasteiger charge is 2.34. The van der Waals surface area contributed by atoms with Crippen LogP contribution in [0.1, 0.15) is 45.9 Å². The van der Waals surface area contributed by atoms with E-state index in [1.807, 2.05) is 31.2 Å². The van der Waals surface area contributed by atoms with Gasteiger partial charge in [-0.25, -0.2) is 4.68 Å². The Bertz CT molecular complexity index is 1070. The number of anilines is 1. The van der Waals surface area contributed by atoms with E-state index in [0.29, 0.717) is 5.56 Å². The maximum absolute atomic E-state index is 13.4. The third-order valence-corrected chi connectivity index (χ3v) is 5.54. The van der Waals surface area contributed by atoms with E-state index < -0.39 is 17.6 Å². The van der Waals surface area contributed by atoms with Crippen LogP contribution in [0.15, 0.2) is 54.7 Å². The van der Waals surface area contributed by atoms with Crippen LogP contribution in [0.2, 0.25) is 0 Å². The zero-order valence-corrected chi connectivity index (χ0v) is 18.3. The van der Waals surface area contributed by atoms with Gasteiger partial charge in [0.25, 0.3) is 5.91 Å². The van der Waals surface area contributed by atoms with Gasteiger partial charge in [-0.2, -0.15) is 18.3 Å². The normalized spacial score (nSPS) is 14.6. The molecule has 9 heteroatoms. The van der Waals surface area contributed by atoms with Crippen molar-refractivity contribution in [1.82, 2.24) is 15.1 Å². The predicted octanol–water partition coefficient (Wildman–Crippen LogP) is 5.34. The predicted molar refractivity (Wildman–Crippen MR) is 120 cm³/mol. The molecule has 170 valence electrons. The Morgan fingerprint density at radius 2 is 1.75 bits per heavy atom. The molecule has 1 fully saturated rings. The fourth-order valence-electron chi connectivity index (χ4n) is 3.94. The number of carbonyl (C=O) groups excluding carboxylic acids is 1. The van der Waals surface area contributed by atoms with Gasteiger partial charge in [-0.15, -0.1) is 12.4 Å². The summed E-state index contributed by atoms with van der Waals surface area (Å²) in [5.74, 6) is -0.521. The van der Waals surface area contributed by atoms with Crippen molar-refractivity contribution in [3.8, 4) is 5.69 Å². The number of alkyl halides is 3. The summed E-state index contributed by atoms with van der Waals surface area (Å²) in [4.78, 5) is 13.1. The van der Waals surface area contributed by atoms with E-state index in [-0.39, 0.29) is 24.0 Å². The first kappa shape index (κ1) is 23.8. The van der Waals surface area contributed by atoms with Gasteiger partial charge < -0.3 is 10.6 Å². The Kier molecular flexibility index (Phi) is 7.26. The number of nitrogens with one attached hydrogen (secondary N) is 2. The van der Waals surface area contributed by atoms with E-state index in [1.54, 1.807) is 4.68 Å². The van der Waals surface area contributed by atoms with Gasteiger partial charge in [0.15, 0.2) is 0 Å². The summed E-state index contributed by atoms with van der Waals surface area (Å²) in [7, 11) is 0. The Morgan fingerprint density at radius 1 is 1.09 bits per heavy atom. The molecule has 1 saturated heterocycles. The number of aromatic nitrogens is 2. The van der Waals surface area contributed by atoms with Crippen LogP contribution < -0.4 is 10.6 Å². The molecule has 0 unspecified atom stereocenters. The molecule has 2 N–H and O–H groups in total. The van der Waals surface area contributed by atoms with E-state index >= 15 is 0 Å². The lowest BCUT2D eigenvalue weighted by Crippen LogP contribution is -2.29. The first-order valence-corrected chi connectivity index (χ1v) is 10.2. The minimum atomic E-state index is -4.56. The highest BCUT2D eigenvalue weighted by Crippen LogP contribution is 2.35. The van der Waals surface area contributed by atoms with Gasteiger partial charge in [-0.05, 0) is 57.1 Å². The lowest BCUT2D eigenvalue weighted by atomic mass is 9.91. The van der Waals surface area contributed by atoms with Crippen molar-refractivity contribution >= 4 is 24.0 Å². The Hall–Kier alpha value is -2.84. The molecular weight excluding hydrogens is 441 g/mol. The molecule has 2 heterocycles. The van der Waals surface area contributed by atoms with Crippen molar-refractivity contribution in [2.45, 2.75) is 31.9 Å². The summed E-state index contributed by atoms with van der Waals surface area (Å²) in [5, 5.41) is 10.2. The molecular formula is C23H24ClF3N4O. The van der Waals surface area contributed by atoms with Crippen molar-refractivity contribution in [3.05, 3.63) is 77.1 Å². The van der Waals surface area contributed by atoms with Crippen LogP contribution in [0, 0.1) is 6.92 Å². The topological polar surface area (TPSA) is 59.0 Å². The Balaban J connectivity index is 0.00000289. The molecule has 1 aliphatic heterocycles. The summed E-state index contributed by atoms with van der Waals surface area (Å²) < 4.78 is 41.8. The summed E-state index contributed by atoms with van der Waals surface area (Å²) in [6, 6.07) is 12.8. The lowest BCUT2D eigenvalue weighted by Gasteiger charge is -2.25. The molecule has 0 bridgehead atoms. The molecule has 3 aromatic rings. The summed E-state index contributed by atoms with van der Waals surface area (Å²) in [5.41, 5.74) is 1.80. The number of piperidine rings is 1. The van der Waals surface area contributed by atoms with Gasteiger partial charge in [0.05, 0.1) is 34.4 Å². The molecule has 1 aliphatic rings. The average Bonchev–Trinajstić information content (AvgIpc) is 3.20. The van der Waals surface area contributed by atoms with Crippen molar-refractivity contribution in [3.63, 3.8) is 0 Å². The molecule has 2 aromatic carbocycles. The second kappa shape index (κ2) is 9.75. The highest BCUT2D eigenvalue weighted by molar-refractivity contribution is 6.05. The van der Waals surface area contributed by atoms with Crippen LogP contribution in [0.25, 0.3) is 5.69 Å². The molecule has 0 radical (unpaired) electrons. The number of hydrogen-bond donors (Lipinski definition) is 2. The van der Waals surface area contributed by atoms with E-state index in [4.69, 9.17) is 0 Å². The standard InChI is InChI=1S/C23H23F3N4O.ClH/c1-15-6-8-17(9-7-15)30-21(16-10-12-27-13-11-16)18(14-28-30)22(31)29-20-5-3-2-4-19(20)23(24,25)26;/h2-9,14,16,27H,10-13H2,1H3,(H,29,31);1H. The highest BCUT2D eigenvalue weighted by atomic mass is 35.5. The van der Waals surface area contributed by atoms with E-state index in [0.717, 1.165) is 48.9 Å². The van der Waals surface area contributed by atoms with Crippen LogP contribution >= 0.6 is 12.4 Å². The van der Waals surface area contributed by atoms with Crippen molar-refractivity contribution in [2.24, 2.45) is 0 Å².